The highest BCUT2D eigenvalue weighted by Crippen LogP contribution is 2.29. The van der Waals surface area contributed by atoms with Crippen LogP contribution in [0.4, 0.5) is 0 Å². The number of hydrogen-bond acceptors (Lipinski definition) is 5. The predicted molar refractivity (Wildman–Crippen MR) is 98.4 cm³/mol. The summed E-state index contributed by atoms with van der Waals surface area (Å²) in [6.07, 6.45) is 4.62. The summed E-state index contributed by atoms with van der Waals surface area (Å²) in [6, 6.07) is 8.66. The fourth-order valence-electron chi connectivity index (χ4n) is 3.42. The Balaban J connectivity index is 1.61. The van der Waals surface area contributed by atoms with Gasteiger partial charge in [-0.05, 0) is 50.8 Å². The van der Waals surface area contributed by atoms with Crippen molar-refractivity contribution in [2.24, 2.45) is 5.92 Å². The summed E-state index contributed by atoms with van der Waals surface area (Å²) < 4.78 is 5.30. The van der Waals surface area contributed by atoms with Crippen LogP contribution in [0, 0.1) is 5.92 Å². The molecule has 5 heteroatoms. The number of aromatic nitrogens is 1. The summed E-state index contributed by atoms with van der Waals surface area (Å²) in [6.45, 7) is 1.22. The van der Waals surface area contributed by atoms with E-state index in [2.05, 4.69) is 23.4 Å². The summed E-state index contributed by atoms with van der Waals surface area (Å²) in [4.78, 5) is 7.22. The normalized spacial score (nSPS) is 21.2. The fraction of sp³-hybridized carbons (Fsp3) is 0.526. The number of nitrogens with zero attached hydrogens (tertiary/aromatic N) is 2. The molecule has 1 aromatic heterocycles. The third-order valence-electron chi connectivity index (χ3n) is 4.98. The molecule has 24 heavy (non-hydrogen) atoms. The van der Waals surface area contributed by atoms with Crippen LogP contribution in [-0.4, -0.2) is 41.8 Å². The van der Waals surface area contributed by atoms with Gasteiger partial charge in [-0.1, -0.05) is 12.1 Å². The van der Waals surface area contributed by atoms with Gasteiger partial charge >= 0.3 is 0 Å². The molecule has 1 aromatic carbocycles. The van der Waals surface area contributed by atoms with Crippen molar-refractivity contribution in [3.8, 4) is 16.3 Å². The second-order valence-electron chi connectivity index (χ2n) is 6.65. The molecule has 0 atom stereocenters. The van der Waals surface area contributed by atoms with Gasteiger partial charge in [0.2, 0.25) is 0 Å². The molecule has 1 heterocycles. The summed E-state index contributed by atoms with van der Waals surface area (Å²) in [5.74, 6) is 1.37. The van der Waals surface area contributed by atoms with Crippen molar-refractivity contribution in [2.75, 3.05) is 20.8 Å². The number of methoxy groups -OCH3 is 1. The molecule has 0 amide bonds. The van der Waals surface area contributed by atoms with Crippen LogP contribution in [0.2, 0.25) is 0 Å². The van der Waals surface area contributed by atoms with Crippen LogP contribution >= 0.6 is 11.3 Å². The van der Waals surface area contributed by atoms with Crippen LogP contribution in [0.5, 0.6) is 5.75 Å². The average Bonchev–Trinajstić information content (AvgIpc) is 3.10. The van der Waals surface area contributed by atoms with E-state index in [9.17, 15) is 5.11 Å². The molecule has 0 bridgehead atoms. The minimum atomic E-state index is 0.340. The van der Waals surface area contributed by atoms with Crippen LogP contribution in [0.15, 0.2) is 29.6 Å². The molecule has 2 aromatic rings. The molecule has 0 unspecified atom stereocenters. The Bertz CT molecular complexity index is 650. The zero-order valence-corrected chi connectivity index (χ0v) is 15.3. The van der Waals surface area contributed by atoms with E-state index in [-0.39, 0.29) is 0 Å². The molecule has 4 nitrogen and oxygen atoms in total. The molecule has 1 saturated carbocycles. The van der Waals surface area contributed by atoms with Crippen molar-refractivity contribution in [2.45, 2.75) is 38.3 Å². The average molecular weight is 346 g/mol. The van der Waals surface area contributed by atoms with Crippen LogP contribution in [-0.2, 0) is 6.54 Å². The van der Waals surface area contributed by atoms with Crippen molar-refractivity contribution in [3.05, 3.63) is 35.3 Å². The minimum absolute atomic E-state index is 0.340. The standard InChI is InChI=1S/C19H26N2O2S/c1-21(17-8-6-14(12-22)7-9-17)11-16-13-24-19(20-16)15-4-3-5-18(10-15)23-2/h3-5,10,13-14,17,22H,6-9,11-12H2,1-2H3. The lowest BCUT2D eigenvalue weighted by atomic mass is 9.86. The van der Waals surface area contributed by atoms with E-state index < -0.39 is 0 Å². The van der Waals surface area contributed by atoms with E-state index in [1.54, 1.807) is 18.4 Å². The monoisotopic (exact) mass is 346 g/mol. The summed E-state index contributed by atoms with van der Waals surface area (Å²) in [7, 11) is 3.88. The molecule has 1 aliphatic carbocycles. The first-order valence-corrected chi connectivity index (χ1v) is 9.47. The number of thiazole rings is 1. The Morgan fingerprint density at radius 1 is 1.29 bits per heavy atom. The zero-order valence-electron chi connectivity index (χ0n) is 14.4. The van der Waals surface area contributed by atoms with E-state index in [0.717, 1.165) is 41.4 Å². The maximum atomic E-state index is 9.27. The number of rotatable bonds is 6. The molecule has 130 valence electrons. The second kappa shape index (κ2) is 8.10. The number of benzene rings is 1. The first-order valence-electron chi connectivity index (χ1n) is 8.59. The lowest BCUT2D eigenvalue weighted by Gasteiger charge is -2.33. The highest BCUT2D eigenvalue weighted by molar-refractivity contribution is 7.13. The van der Waals surface area contributed by atoms with E-state index in [1.165, 1.54) is 12.8 Å². The number of aliphatic hydroxyl groups excluding tert-OH is 1. The third kappa shape index (κ3) is 4.15. The van der Waals surface area contributed by atoms with E-state index in [1.807, 2.05) is 18.2 Å². The van der Waals surface area contributed by atoms with Crippen molar-refractivity contribution in [1.82, 2.24) is 9.88 Å². The Hall–Kier alpha value is -1.43. The van der Waals surface area contributed by atoms with Gasteiger partial charge in [-0.15, -0.1) is 11.3 Å². The smallest absolute Gasteiger partial charge is 0.123 e. The van der Waals surface area contributed by atoms with Gasteiger partial charge in [-0.2, -0.15) is 0 Å². The Morgan fingerprint density at radius 2 is 2.08 bits per heavy atom. The van der Waals surface area contributed by atoms with Crippen molar-refractivity contribution >= 4 is 11.3 Å². The largest absolute Gasteiger partial charge is 0.497 e. The molecule has 1 N–H and O–H groups in total. The number of aliphatic hydroxyl groups is 1. The van der Waals surface area contributed by atoms with Gasteiger partial charge in [0, 0.05) is 30.1 Å². The number of hydrogen-bond donors (Lipinski definition) is 1. The van der Waals surface area contributed by atoms with Gasteiger partial charge in [-0.25, -0.2) is 4.98 Å². The highest BCUT2D eigenvalue weighted by Gasteiger charge is 2.24. The topological polar surface area (TPSA) is 45.6 Å². The molecule has 0 radical (unpaired) electrons. The predicted octanol–water partition coefficient (Wildman–Crippen LogP) is 3.80. The fourth-order valence-corrected chi connectivity index (χ4v) is 4.23. The Labute approximate surface area is 148 Å². The lowest BCUT2D eigenvalue weighted by molar-refractivity contribution is 0.123. The molecule has 0 saturated heterocycles. The van der Waals surface area contributed by atoms with Gasteiger partial charge in [0.1, 0.15) is 10.8 Å². The van der Waals surface area contributed by atoms with Gasteiger partial charge in [0.15, 0.2) is 0 Å². The summed E-state index contributed by atoms with van der Waals surface area (Å²) in [5, 5.41) is 12.5. The first-order chi connectivity index (χ1) is 11.7. The molecule has 0 spiro atoms. The van der Waals surface area contributed by atoms with Gasteiger partial charge in [0.05, 0.1) is 12.8 Å². The van der Waals surface area contributed by atoms with E-state index in [4.69, 9.17) is 9.72 Å². The third-order valence-corrected chi connectivity index (χ3v) is 5.92. The van der Waals surface area contributed by atoms with E-state index >= 15 is 0 Å². The molecule has 3 rings (SSSR count). The van der Waals surface area contributed by atoms with Crippen LogP contribution in [0.1, 0.15) is 31.4 Å². The van der Waals surface area contributed by atoms with Gasteiger partial charge in [-0.3, -0.25) is 4.90 Å². The number of ether oxygens (including phenoxy) is 1. The molecule has 1 aliphatic rings. The van der Waals surface area contributed by atoms with Crippen molar-refractivity contribution < 1.29 is 9.84 Å². The highest BCUT2D eigenvalue weighted by atomic mass is 32.1. The van der Waals surface area contributed by atoms with Crippen LogP contribution in [0.3, 0.4) is 0 Å². The summed E-state index contributed by atoms with van der Waals surface area (Å²) in [5.41, 5.74) is 2.24. The SMILES string of the molecule is COc1cccc(-c2nc(CN(C)C3CCC(CO)CC3)cs2)c1. The maximum Gasteiger partial charge on any atom is 0.123 e. The molecular formula is C19H26N2O2S. The van der Waals surface area contributed by atoms with Gasteiger partial charge in [0.25, 0.3) is 0 Å². The Kier molecular flexibility index (Phi) is 5.87. The second-order valence-corrected chi connectivity index (χ2v) is 7.51. The maximum absolute atomic E-state index is 9.27. The lowest BCUT2D eigenvalue weighted by Crippen LogP contribution is -2.35. The molecule has 1 fully saturated rings. The Morgan fingerprint density at radius 3 is 2.79 bits per heavy atom. The molecule has 0 aliphatic heterocycles. The van der Waals surface area contributed by atoms with Gasteiger partial charge < -0.3 is 9.84 Å². The molecular weight excluding hydrogens is 320 g/mol. The van der Waals surface area contributed by atoms with Crippen LogP contribution in [0.25, 0.3) is 10.6 Å². The zero-order chi connectivity index (χ0) is 16.9. The quantitative estimate of drug-likeness (QED) is 0.864. The van der Waals surface area contributed by atoms with Crippen molar-refractivity contribution in [1.29, 1.82) is 0 Å². The first kappa shape index (κ1) is 17.4. The minimum Gasteiger partial charge on any atom is -0.497 e. The van der Waals surface area contributed by atoms with Crippen molar-refractivity contribution in [3.63, 3.8) is 0 Å². The van der Waals surface area contributed by atoms with E-state index in [0.29, 0.717) is 18.6 Å². The van der Waals surface area contributed by atoms with Crippen LogP contribution < -0.4 is 4.74 Å². The summed E-state index contributed by atoms with van der Waals surface area (Å²) >= 11 is 1.69.